The van der Waals surface area contributed by atoms with E-state index in [0.717, 1.165) is 24.3 Å². The van der Waals surface area contributed by atoms with Crippen LogP contribution in [0.3, 0.4) is 0 Å². The van der Waals surface area contributed by atoms with Crippen molar-refractivity contribution in [2.75, 3.05) is 19.0 Å². The van der Waals surface area contributed by atoms with Crippen molar-refractivity contribution in [3.8, 4) is 0 Å². The summed E-state index contributed by atoms with van der Waals surface area (Å²) in [6, 6.07) is 15.5. The van der Waals surface area contributed by atoms with Crippen molar-refractivity contribution in [2.24, 2.45) is 0 Å². The van der Waals surface area contributed by atoms with Gasteiger partial charge in [0.25, 0.3) is 5.91 Å². The van der Waals surface area contributed by atoms with Crippen LogP contribution in [0.5, 0.6) is 0 Å². The molecule has 3 aromatic carbocycles. The van der Waals surface area contributed by atoms with E-state index in [0.29, 0.717) is 17.7 Å². The molecule has 6 nitrogen and oxygen atoms in total. The molecule has 0 spiro atoms. The number of hydrogen-bond donors (Lipinski definition) is 1. The number of anilines is 1. The number of hydrogen-bond acceptors (Lipinski definition) is 4. The molecular weight excluding hydrogens is 528 g/mol. The Morgan fingerprint density at radius 2 is 1.43 bits per heavy atom. The number of rotatable bonds is 7. The first-order valence-electron chi connectivity index (χ1n) is 12.4. The quantitative estimate of drug-likeness (QED) is 0.215. The summed E-state index contributed by atoms with van der Waals surface area (Å²) in [6.07, 6.45) is -4.48. The normalized spacial score (nSPS) is 11.6. The SMILES string of the molecule is COC(=O)C(=O)Nc1ccc(C(F)(F)F)cc1C(=O)N(CCc1ccc(F)cc1)Cc1ccc(C(C)(C)C)cc1. The fourth-order valence-corrected chi connectivity index (χ4v) is 3.94. The van der Waals surface area contributed by atoms with Gasteiger partial charge in [-0.1, -0.05) is 57.2 Å². The smallest absolute Gasteiger partial charge is 0.416 e. The van der Waals surface area contributed by atoms with Crippen molar-refractivity contribution >= 4 is 23.5 Å². The fraction of sp³-hybridized carbons (Fsp3) is 0.300. The molecule has 0 saturated carbocycles. The highest BCUT2D eigenvalue weighted by molar-refractivity contribution is 6.37. The molecular formula is C30H30F4N2O4. The molecule has 10 heteroatoms. The Labute approximate surface area is 229 Å². The van der Waals surface area contributed by atoms with Crippen molar-refractivity contribution < 1.29 is 36.7 Å². The monoisotopic (exact) mass is 558 g/mol. The van der Waals surface area contributed by atoms with E-state index < -0.39 is 40.9 Å². The third-order valence-corrected chi connectivity index (χ3v) is 6.26. The molecule has 2 amide bonds. The number of carbonyl (C=O) groups is 3. The number of alkyl halides is 3. The van der Waals surface area contributed by atoms with E-state index in [4.69, 9.17) is 0 Å². The lowest BCUT2D eigenvalue weighted by Gasteiger charge is -2.25. The van der Waals surface area contributed by atoms with Crippen molar-refractivity contribution in [2.45, 2.75) is 45.3 Å². The number of halogens is 4. The van der Waals surface area contributed by atoms with Crippen molar-refractivity contribution in [1.29, 1.82) is 0 Å². The van der Waals surface area contributed by atoms with Gasteiger partial charge in [0.15, 0.2) is 0 Å². The lowest BCUT2D eigenvalue weighted by molar-refractivity contribution is -0.150. The van der Waals surface area contributed by atoms with Crippen LogP contribution in [0.1, 0.15) is 53.4 Å². The van der Waals surface area contributed by atoms with Gasteiger partial charge in [0.2, 0.25) is 0 Å². The largest absolute Gasteiger partial charge is 0.462 e. The summed E-state index contributed by atoms with van der Waals surface area (Å²) in [5.74, 6) is -3.74. The molecule has 0 saturated heterocycles. The molecule has 212 valence electrons. The zero-order valence-corrected chi connectivity index (χ0v) is 22.6. The Kier molecular flexibility index (Phi) is 9.34. The van der Waals surface area contributed by atoms with Crippen molar-refractivity contribution in [1.82, 2.24) is 4.90 Å². The van der Waals surface area contributed by atoms with E-state index in [1.54, 1.807) is 12.1 Å². The Hall–Kier alpha value is -4.21. The zero-order chi connectivity index (χ0) is 29.7. The van der Waals surface area contributed by atoms with Gasteiger partial charge >= 0.3 is 18.1 Å². The van der Waals surface area contributed by atoms with Gasteiger partial charge in [-0.3, -0.25) is 9.59 Å². The second kappa shape index (κ2) is 12.3. The Morgan fingerprint density at radius 1 is 0.850 bits per heavy atom. The molecule has 0 bridgehead atoms. The molecule has 0 atom stereocenters. The molecule has 0 aliphatic carbocycles. The molecule has 0 heterocycles. The third kappa shape index (κ3) is 7.91. The molecule has 3 rings (SSSR count). The second-order valence-corrected chi connectivity index (χ2v) is 10.3. The van der Waals surface area contributed by atoms with Crippen LogP contribution in [-0.4, -0.2) is 36.3 Å². The van der Waals surface area contributed by atoms with Crippen LogP contribution >= 0.6 is 0 Å². The van der Waals surface area contributed by atoms with E-state index in [9.17, 15) is 31.9 Å². The zero-order valence-electron chi connectivity index (χ0n) is 22.6. The minimum Gasteiger partial charge on any atom is -0.462 e. The molecule has 40 heavy (non-hydrogen) atoms. The van der Waals surface area contributed by atoms with E-state index >= 15 is 0 Å². The summed E-state index contributed by atoms with van der Waals surface area (Å²) in [6.45, 7) is 6.28. The first-order chi connectivity index (χ1) is 18.7. The van der Waals surface area contributed by atoms with Crippen LogP contribution in [0, 0.1) is 5.82 Å². The number of esters is 1. The van der Waals surface area contributed by atoms with E-state index in [1.165, 1.54) is 17.0 Å². The maximum absolute atomic E-state index is 13.8. The molecule has 0 fully saturated rings. The number of ether oxygens (including phenoxy) is 1. The van der Waals surface area contributed by atoms with Gasteiger partial charge in [-0.05, 0) is 58.9 Å². The number of carbonyl (C=O) groups excluding carboxylic acids is 3. The highest BCUT2D eigenvalue weighted by Crippen LogP contribution is 2.33. The Morgan fingerprint density at radius 3 is 1.98 bits per heavy atom. The molecule has 0 unspecified atom stereocenters. The summed E-state index contributed by atoms with van der Waals surface area (Å²) < 4.78 is 58.5. The summed E-state index contributed by atoms with van der Waals surface area (Å²) in [7, 11) is 0.975. The van der Waals surface area contributed by atoms with Crippen LogP contribution in [-0.2, 0) is 38.9 Å². The van der Waals surface area contributed by atoms with Crippen molar-refractivity contribution in [3.05, 3.63) is 100 Å². The van der Waals surface area contributed by atoms with Crippen molar-refractivity contribution in [3.63, 3.8) is 0 Å². The summed E-state index contributed by atoms with van der Waals surface area (Å²) in [5.41, 5.74) is 0.575. The summed E-state index contributed by atoms with van der Waals surface area (Å²) >= 11 is 0. The van der Waals surface area contributed by atoms with Crippen LogP contribution < -0.4 is 5.32 Å². The highest BCUT2D eigenvalue weighted by Gasteiger charge is 2.33. The molecule has 1 N–H and O–H groups in total. The van der Waals surface area contributed by atoms with Crippen LogP contribution in [0.15, 0.2) is 66.7 Å². The molecule has 0 aromatic heterocycles. The Balaban J connectivity index is 2.01. The van der Waals surface area contributed by atoms with Gasteiger partial charge in [-0.15, -0.1) is 0 Å². The molecule has 0 aliphatic rings. The fourth-order valence-electron chi connectivity index (χ4n) is 3.94. The van der Waals surface area contributed by atoms with Gasteiger partial charge in [0, 0.05) is 13.1 Å². The standard InChI is InChI=1S/C30H30F4N2O4/c1-29(2,3)21-9-5-20(6-10-21)18-36(16-15-19-7-12-23(31)13-8-19)27(38)24-17-22(30(32,33)34)11-14-25(24)35-26(37)28(39)40-4/h5-14,17H,15-16,18H2,1-4H3,(H,35,37). The highest BCUT2D eigenvalue weighted by atomic mass is 19.4. The average molecular weight is 559 g/mol. The lowest BCUT2D eigenvalue weighted by atomic mass is 9.87. The third-order valence-electron chi connectivity index (χ3n) is 6.26. The molecule has 3 aromatic rings. The van der Waals surface area contributed by atoms with Crippen LogP contribution in [0.2, 0.25) is 0 Å². The first-order valence-corrected chi connectivity index (χ1v) is 12.4. The number of nitrogens with one attached hydrogen (secondary N) is 1. The van der Waals surface area contributed by atoms with Crippen LogP contribution in [0.25, 0.3) is 0 Å². The van der Waals surface area contributed by atoms with E-state index in [-0.39, 0.29) is 30.6 Å². The summed E-state index contributed by atoms with van der Waals surface area (Å²) in [5, 5.41) is 2.17. The number of methoxy groups -OCH3 is 1. The average Bonchev–Trinajstić information content (AvgIpc) is 2.90. The predicted octanol–water partition coefficient (Wildman–Crippen LogP) is 6.14. The maximum Gasteiger partial charge on any atom is 0.416 e. The van der Waals surface area contributed by atoms with E-state index in [1.807, 2.05) is 24.3 Å². The van der Waals surface area contributed by atoms with E-state index in [2.05, 4.69) is 30.8 Å². The van der Waals surface area contributed by atoms with Gasteiger partial charge in [-0.2, -0.15) is 13.2 Å². The number of amides is 2. The van der Waals surface area contributed by atoms with Gasteiger partial charge in [0.1, 0.15) is 5.82 Å². The topological polar surface area (TPSA) is 75.7 Å². The van der Waals surface area contributed by atoms with Crippen LogP contribution in [0.4, 0.5) is 23.2 Å². The Bertz CT molecular complexity index is 1360. The minimum atomic E-state index is -4.76. The summed E-state index contributed by atoms with van der Waals surface area (Å²) in [4.78, 5) is 38.9. The lowest BCUT2D eigenvalue weighted by Crippen LogP contribution is -2.34. The van der Waals surface area contributed by atoms with Gasteiger partial charge in [0.05, 0.1) is 23.9 Å². The first kappa shape index (κ1) is 30.3. The minimum absolute atomic E-state index is 0.0467. The number of benzene rings is 3. The maximum atomic E-state index is 13.8. The second-order valence-electron chi connectivity index (χ2n) is 10.3. The predicted molar refractivity (Wildman–Crippen MR) is 142 cm³/mol. The molecule has 0 radical (unpaired) electrons. The molecule has 0 aliphatic heterocycles. The number of nitrogens with zero attached hydrogens (tertiary/aromatic N) is 1. The van der Waals surface area contributed by atoms with Gasteiger partial charge < -0.3 is 15.0 Å². The van der Waals surface area contributed by atoms with Gasteiger partial charge in [-0.25, -0.2) is 9.18 Å².